The molecule has 48 heavy (non-hydrogen) atoms. The molecule has 284 valence electrons. The van der Waals surface area contributed by atoms with E-state index in [2.05, 4.69) is 31.3 Å². The van der Waals surface area contributed by atoms with E-state index in [0.717, 1.165) is 51.4 Å². The van der Waals surface area contributed by atoms with E-state index in [1.165, 1.54) is 96.3 Å². The van der Waals surface area contributed by atoms with Gasteiger partial charge in [-0.2, -0.15) is 0 Å². The Morgan fingerprint density at radius 2 is 1.17 bits per heavy atom. The van der Waals surface area contributed by atoms with Gasteiger partial charge in [-0.05, 0) is 38.5 Å². The number of carbonyl (C=O) groups excluding carboxylic acids is 1. The first-order chi connectivity index (χ1) is 23.3. The molecular formula is C39H75NO8. The molecule has 1 aliphatic rings. The number of aliphatic hydroxyl groups excluding tert-OH is 5. The molecule has 1 fully saturated rings. The summed E-state index contributed by atoms with van der Waals surface area (Å²) in [6.07, 6.45) is 25.0. The topological polar surface area (TPSA) is 149 Å². The normalized spacial score (nSPS) is 22.7. The van der Waals surface area contributed by atoms with Crippen LogP contribution in [0.5, 0.6) is 0 Å². The number of unbranched alkanes of at least 4 members (excludes halogenated alkanes) is 20. The summed E-state index contributed by atoms with van der Waals surface area (Å²) < 4.78 is 11.2. The highest BCUT2D eigenvalue weighted by Crippen LogP contribution is 2.23. The first-order valence-corrected chi connectivity index (χ1v) is 19.9. The number of carbonyl (C=O) groups is 1. The number of nitrogens with one attached hydrogen (secondary N) is 1. The van der Waals surface area contributed by atoms with Crippen LogP contribution < -0.4 is 5.32 Å². The third kappa shape index (κ3) is 21.9. The van der Waals surface area contributed by atoms with Crippen molar-refractivity contribution in [2.45, 2.75) is 217 Å². The van der Waals surface area contributed by atoms with E-state index in [1.807, 2.05) is 0 Å². The molecule has 7 atom stereocenters. The molecule has 9 heteroatoms. The summed E-state index contributed by atoms with van der Waals surface area (Å²) in [5.41, 5.74) is 0. The fourth-order valence-electron chi connectivity index (χ4n) is 6.33. The van der Waals surface area contributed by atoms with E-state index in [-0.39, 0.29) is 12.5 Å². The zero-order valence-electron chi connectivity index (χ0n) is 30.7. The zero-order valence-corrected chi connectivity index (χ0v) is 30.7. The minimum Gasteiger partial charge on any atom is -0.394 e. The Labute approximate surface area is 293 Å². The number of aliphatic hydroxyl groups is 5. The molecule has 0 aliphatic carbocycles. The average Bonchev–Trinajstić information content (AvgIpc) is 3.08. The van der Waals surface area contributed by atoms with Crippen LogP contribution >= 0.6 is 0 Å². The third-order valence-electron chi connectivity index (χ3n) is 9.62. The first-order valence-electron chi connectivity index (χ1n) is 19.9. The Kier molecular flexibility index (Phi) is 28.8. The lowest BCUT2D eigenvalue weighted by molar-refractivity contribution is -0.302. The maximum absolute atomic E-state index is 12.9. The highest BCUT2D eigenvalue weighted by atomic mass is 16.7. The van der Waals surface area contributed by atoms with Gasteiger partial charge < -0.3 is 40.3 Å². The number of ether oxygens (including phenoxy) is 2. The molecule has 6 N–H and O–H groups in total. The van der Waals surface area contributed by atoms with Gasteiger partial charge in [-0.25, -0.2) is 0 Å². The summed E-state index contributed by atoms with van der Waals surface area (Å²) in [6, 6.07) is -0.716. The molecule has 2 unspecified atom stereocenters. The van der Waals surface area contributed by atoms with Gasteiger partial charge in [0.05, 0.1) is 25.4 Å². The Morgan fingerprint density at radius 1 is 0.688 bits per heavy atom. The summed E-state index contributed by atoms with van der Waals surface area (Å²) in [5, 5.41) is 54.0. The van der Waals surface area contributed by atoms with Gasteiger partial charge in [0.15, 0.2) is 6.29 Å². The fourth-order valence-corrected chi connectivity index (χ4v) is 6.33. The van der Waals surface area contributed by atoms with Gasteiger partial charge in [0, 0.05) is 6.42 Å². The Hall–Kier alpha value is -1.07. The van der Waals surface area contributed by atoms with E-state index < -0.39 is 49.5 Å². The SMILES string of the molecule is CCCCCCCC/C=C/CCCCCCCC(=O)N[C@@H](CO[C@H]1O[C@@H](CO)[C@H](O)C(O)C1O)[C@H](O)CCCCCCCCCCCC. The largest absolute Gasteiger partial charge is 0.394 e. The van der Waals surface area contributed by atoms with Crippen molar-refractivity contribution in [1.82, 2.24) is 5.32 Å². The smallest absolute Gasteiger partial charge is 0.220 e. The highest BCUT2D eigenvalue weighted by molar-refractivity contribution is 5.76. The lowest BCUT2D eigenvalue weighted by atomic mass is 9.99. The fraction of sp³-hybridized carbons (Fsp3) is 0.923. The molecule has 1 saturated heterocycles. The molecule has 0 aromatic carbocycles. The summed E-state index contributed by atoms with van der Waals surface area (Å²) in [4.78, 5) is 12.9. The summed E-state index contributed by atoms with van der Waals surface area (Å²) >= 11 is 0. The van der Waals surface area contributed by atoms with Crippen molar-refractivity contribution in [1.29, 1.82) is 0 Å². The predicted molar refractivity (Wildman–Crippen MR) is 194 cm³/mol. The van der Waals surface area contributed by atoms with Crippen molar-refractivity contribution in [3.63, 3.8) is 0 Å². The van der Waals surface area contributed by atoms with E-state index in [1.54, 1.807) is 0 Å². The number of hydrogen-bond acceptors (Lipinski definition) is 8. The maximum atomic E-state index is 12.9. The lowest BCUT2D eigenvalue weighted by Crippen LogP contribution is -2.60. The lowest BCUT2D eigenvalue weighted by Gasteiger charge is -2.40. The maximum Gasteiger partial charge on any atom is 0.220 e. The standard InChI is InChI=1S/C39H75NO8/c1-3-5-7-9-11-13-15-16-17-18-19-21-23-25-27-29-35(43)40-32(31-47-39-38(46)37(45)36(44)34(30-41)48-39)33(42)28-26-24-22-20-14-12-10-8-6-4-2/h16-17,32-34,36-39,41-42,44-46H,3-15,18-31H2,1-2H3,(H,40,43)/b17-16+/t32-,33+,34-,36-,37?,38?,39-/m0/s1. The van der Waals surface area contributed by atoms with Crippen molar-refractivity contribution in [3.05, 3.63) is 12.2 Å². The molecule has 1 aliphatic heterocycles. The van der Waals surface area contributed by atoms with Gasteiger partial charge in [-0.15, -0.1) is 0 Å². The molecular weight excluding hydrogens is 610 g/mol. The molecule has 9 nitrogen and oxygen atoms in total. The predicted octanol–water partition coefficient (Wildman–Crippen LogP) is 7.00. The van der Waals surface area contributed by atoms with Crippen LogP contribution in [-0.4, -0.2) is 87.5 Å². The number of hydrogen-bond donors (Lipinski definition) is 6. The van der Waals surface area contributed by atoms with Crippen LogP contribution in [0.3, 0.4) is 0 Å². The van der Waals surface area contributed by atoms with Crippen molar-refractivity contribution < 1.29 is 39.8 Å². The molecule has 0 bridgehead atoms. The van der Waals surface area contributed by atoms with Gasteiger partial charge in [0.25, 0.3) is 0 Å². The molecule has 1 rings (SSSR count). The summed E-state index contributed by atoms with van der Waals surface area (Å²) in [6.45, 7) is 3.79. The van der Waals surface area contributed by atoms with Crippen LogP contribution in [0.15, 0.2) is 12.2 Å². The van der Waals surface area contributed by atoms with Crippen LogP contribution in [-0.2, 0) is 14.3 Å². The van der Waals surface area contributed by atoms with Crippen LogP contribution in [0.4, 0.5) is 0 Å². The van der Waals surface area contributed by atoms with Gasteiger partial charge in [-0.1, -0.05) is 142 Å². The van der Waals surface area contributed by atoms with E-state index in [4.69, 9.17) is 9.47 Å². The number of rotatable bonds is 32. The Balaban J connectivity index is 2.40. The molecule has 0 aromatic rings. The molecule has 0 radical (unpaired) electrons. The Morgan fingerprint density at radius 3 is 1.69 bits per heavy atom. The van der Waals surface area contributed by atoms with Gasteiger partial charge in [-0.3, -0.25) is 4.79 Å². The van der Waals surface area contributed by atoms with Crippen molar-refractivity contribution >= 4 is 5.91 Å². The van der Waals surface area contributed by atoms with Gasteiger partial charge in [0.1, 0.15) is 24.4 Å². The number of amides is 1. The first kappa shape index (κ1) is 45.0. The van der Waals surface area contributed by atoms with Crippen LogP contribution in [0.1, 0.15) is 174 Å². The highest BCUT2D eigenvalue weighted by Gasteiger charge is 2.44. The van der Waals surface area contributed by atoms with Crippen molar-refractivity contribution in [3.8, 4) is 0 Å². The molecule has 1 heterocycles. The van der Waals surface area contributed by atoms with Gasteiger partial charge in [0.2, 0.25) is 5.91 Å². The van der Waals surface area contributed by atoms with Crippen LogP contribution in [0.25, 0.3) is 0 Å². The molecule has 1 amide bonds. The minimum absolute atomic E-state index is 0.139. The molecule has 0 spiro atoms. The van der Waals surface area contributed by atoms with Crippen molar-refractivity contribution in [2.75, 3.05) is 13.2 Å². The number of allylic oxidation sites excluding steroid dienone is 2. The van der Waals surface area contributed by atoms with E-state index in [9.17, 15) is 30.3 Å². The van der Waals surface area contributed by atoms with E-state index in [0.29, 0.717) is 12.8 Å². The summed E-state index contributed by atoms with van der Waals surface area (Å²) in [7, 11) is 0. The molecule has 0 saturated carbocycles. The molecule has 0 aromatic heterocycles. The second-order valence-corrected chi connectivity index (χ2v) is 14.1. The summed E-state index contributed by atoms with van der Waals surface area (Å²) in [5.74, 6) is -0.155. The van der Waals surface area contributed by atoms with Gasteiger partial charge >= 0.3 is 0 Å². The monoisotopic (exact) mass is 686 g/mol. The minimum atomic E-state index is -1.55. The van der Waals surface area contributed by atoms with Crippen LogP contribution in [0.2, 0.25) is 0 Å². The van der Waals surface area contributed by atoms with Crippen molar-refractivity contribution in [2.24, 2.45) is 0 Å². The second kappa shape index (κ2) is 30.7. The second-order valence-electron chi connectivity index (χ2n) is 14.1. The van der Waals surface area contributed by atoms with Crippen LogP contribution in [0, 0.1) is 0 Å². The Bertz CT molecular complexity index is 766. The third-order valence-corrected chi connectivity index (χ3v) is 9.62. The quantitative estimate of drug-likeness (QED) is 0.0328. The van der Waals surface area contributed by atoms with E-state index >= 15 is 0 Å². The zero-order chi connectivity index (χ0) is 35.2. The average molecular weight is 686 g/mol.